The van der Waals surface area contributed by atoms with Crippen molar-refractivity contribution < 1.29 is 4.74 Å². The SMILES string of the molecule is C=CCCCOCc1ccc(-c2ccc([C@H]3CC[C@H](CC=CCC)CC3)cc2)cc1. The fourth-order valence-corrected chi connectivity index (χ4v) is 4.45. The zero-order valence-corrected chi connectivity index (χ0v) is 18.7. The van der Waals surface area contributed by atoms with E-state index in [1.807, 2.05) is 6.08 Å². The highest BCUT2D eigenvalue weighted by Crippen LogP contribution is 2.37. The summed E-state index contributed by atoms with van der Waals surface area (Å²) in [5, 5.41) is 0. The van der Waals surface area contributed by atoms with Crippen molar-refractivity contribution >= 4 is 0 Å². The predicted molar refractivity (Wildman–Crippen MR) is 130 cm³/mol. The summed E-state index contributed by atoms with van der Waals surface area (Å²) in [6.07, 6.45) is 16.6. The topological polar surface area (TPSA) is 9.23 Å². The van der Waals surface area contributed by atoms with Crippen LogP contribution in [-0.2, 0) is 11.3 Å². The van der Waals surface area contributed by atoms with E-state index in [1.165, 1.54) is 54.4 Å². The highest BCUT2D eigenvalue weighted by Gasteiger charge is 2.21. The zero-order chi connectivity index (χ0) is 21.0. The molecular formula is C29H38O. The molecule has 0 unspecified atom stereocenters. The summed E-state index contributed by atoms with van der Waals surface area (Å²) in [5.41, 5.74) is 5.34. The summed E-state index contributed by atoms with van der Waals surface area (Å²) < 4.78 is 5.73. The number of hydrogen-bond donors (Lipinski definition) is 0. The van der Waals surface area contributed by atoms with Crippen molar-refractivity contribution in [2.24, 2.45) is 5.92 Å². The Kier molecular flexibility index (Phi) is 9.44. The zero-order valence-electron chi connectivity index (χ0n) is 18.7. The van der Waals surface area contributed by atoms with Crippen molar-refractivity contribution in [2.75, 3.05) is 6.61 Å². The van der Waals surface area contributed by atoms with Crippen LogP contribution in [0.15, 0.2) is 73.3 Å². The molecule has 30 heavy (non-hydrogen) atoms. The van der Waals surface area contributed by atoms with Gasteiger partial charge in [0.1, 0.15) is 0 Å². The first-order valence-electron chi connectivity index (χ1n) is 11.8. The Bertz CT molecular complexity index is 761. The number of unbranched alkanes of at least 4 members (excludes halogenated alkanes) is 1. The van der Waals surface area contributed by atoms with E-state index < -0.39 is 0 Å². The van der Waals surface area contributed by atoms with Gasteiger partial charge in [0, 0.05) is 6.61 Å². The average Bonchev–Trinajstić information content (AvgIpc) is 2.80. The quantitative estimate of drug-likeness (QED) is 0.270. The maximum absolute atomic E-state index is 5.73. The second-order valence-corrected chi connectivity index (χ2v) is 8.64. The molecule has 1 saturated carbocycles. The largest absolute Gasteiger partial charge is 0.377 e. The van der Waals surface area contributed by atoms with Gasteiger partial charge >= 0.3 is 0 Å². The molecule has 1 aliphatic carbocycles. The Morgan fingerprint density at radius 2 is 1.57 bits per heavy atom. The van der Waals surface area contributed by atoms with E-state index in [0.29, 0.717) is 6.61 Å². The first-order chi connectivity index (χ1) is 14.8. The highest BCUT2D eigenvalue weighted by atomic mass is 16.5. The summed E-state index contributed by atoms with van der Waals surface area (Å²) in [7, 11) is 0. The van der Waals surface area contributed by atoms with Gasteiger partial charge in [-0.05, 0) is 85.5 Å². The van der Waals surface area contributed by atoms with E-state index in [-0.39, 0.29) is 0 Å². The average molecular weight is 403 g/mol. The number of hydrogen-bond acceptors (Lipinski definition) is 1. The number of benzene rings is 2. The van der Waals surface area contributed by atoms with Gasteiger partial charge in [0.15, 0.2) is 0 Å². The first-order valence-corrected chi connectivity index (χ1v) is 11.8. The van der Waals surface area contributed by atoms with Crippen LogP contribution in [0.3, 0.4) is 0 Å². The number of ether oxygens (including phenoxy) is 1. The first kappa shape index (κ1) is 22.6. The van der Waals surface area contributed by atoms with Gasteiger partial charge < -0.3 is 4.74 Å². The smallest absolute Gasteiger partial charge is 0.0716 e. The van der Waals surface area contributed by atoms with Gasteiger partial charge in [0.05, 0.1) is 6.61 Å². The molecule has 0 saturated heterocycles. The predicted octanol–water partition coefficient (Wildman–Crippen LogP) is 8.47. The van der Waals surface area contributed by atoms with Crippen molar-refractivity contribution in [1.82, 2.24) is 0 Å². The minimum atomic E-state index is 0.688. The third-order valence-corrected chi connectivity index (χ3v) is 6.35. The van der Waals surface area contributed by atoms with E-state index in [0.717, 1.165) is 37.7 Å². The molecule has 0 bridgehead atoms. The minimum absolute atomic E-state index is 0.688. The Morgan fingerprint density at radius 3 is 2.20 bits per heavy atom. The third-order valence-electron chi connectivity index (χ3n) is 6.35. The van der Waals surface area contributed by atoms with Crippen LogP contribution in [0.5, 0.6) is 0 Å². The summed E-state index contributed by atoms with van der Waals surface area (Å²) in [6, 6.07) is 18.1. The van der Waals surface area contributed by atoms with E-state index in [4.69, 9.17) is 4.74 Å². The van der Waals surface area contributed by atoms with Gasteiger partial charge in [0.2, 0.25) is 0 Å². The van der Waals surface area contributed by atoms with Crippen LogP contribution in [0.4, 0.5) is 0 Å². The Labute approximate surface area is 183 Å². The van der Waals surface area contributed by atoms with Crippen molar-refractivity contribution in [3.8, 4) is 11.1 Å². The molecule has 0 amide bonds. The van der Waals surface area contributed by atoms with Gasteiger partial charge in [0.25, 0.3) is 0 Å². The maximum Gasteiger partial charge on any atom is 0.0716 e. The van der Waals surface area contributed by atoms with Crippen LogP contribution in [-0.4, -0.2) is 6.61 Å². The molecule has 160 valence electrons. The number of rotatable bonds is 11. The molecule has 2 aromatic rings. The molecule has 1 aliphatic rings. The molecule has 0 N–H and O–H groups in total. The van der Waals surface area contributed by atoms with Crippen LogP contribution in [0, 0.1) is 5.92 Å². The van der Waals surface area contributed by atoms with E-state index in [9.17, 15) is 0 Å². The Morgan fingerprint density at radius 1 is 0.900 bits per heavy atom. The van der Waals surface area contributed by atoms with Gasteiger partial charge in [-0.3, -0.25) is 0 Å². The summed E-state index contributed by atoms with van der Waals surface area (Å²) in [4.78, 5) is 0. The summed E-state index contributed by atoms with van der Waals surface area (Å²) in [5.74, 6) is 1.64. The second kappa shape index (κ2) is 12.5. The lowest BCUT2D eigenvalue weighted by Crippen LogP contribution is -2.12. The van der Waals surface area contributed by atoms with Crippen molar-refractivity contribution in [2.45, 2.75) is 70.8 Å². The molecule has 1 fully saturated rings. The van der Waals surface area contributed by atoms with Crippen LogP contribution in [0.1, 0.15) is 75.3 Å². The van der Waals surface area contributed by atoms with E-state index >= 15 is 0 Å². The lowest BCUT2D eigenvalue weighted by Gasteiger charge is -2.28. The van der Waals surface area contributed by atoms with Crippen molar-refractivity contribution in [1.29, 1.82) is 0 Å². The summed E-state index contributed by atoms with van der Waals surface area (Å²) >= 11 is 0. The van der Waals surface area contributed by atoms with Crippen molar-refractivity contribution in [3.05, 3.63) is 84.5 Å². The van der Waals surface area contributed by atoms with Crippen LogP contribution >= 0.6 is 0 Å². The van der Waals surface area contributed by atoms with Gasteiger partial charge in [-0.2, -0.15) is 0 Å². The monoisotopic (exact) mass is 402 g/mol. The fourth-order valence-electron chi connectivity index (χ4n) is 4.45. The molecule has 0 atom stereocenters. The number of allylic oxidation sites excluding steroid dienone is 3. The van der Waals surface area contributed by atoms with Crippen LogP contribution in [0.25, 0.3) is 11.1 Å². The van der Waals surface area contributed by atoms with Gasteiger partial charge in [-0.25, -0.2) is 0 Å². The second-order valence-electron chi connectivity index (χ2n) is 8.64. The molecule has 1 nitrogen and oxygen atoms in total. The fraction of sp³-hybridized carbons (Fsp3) is 0.448. The Hall–Kier alpha value is -2.12. The van der Waals surface area contributed by atoms with E-state index in [1.54, 1.807) is 0 Å². The van der Waals surface area contributed by atoms with Gasteiger partial charge in [-0.1, -0.05) is 73.7 Å². The van der Waals surface area contributed by atoms with Crippen LogP contribution < -0.4 is 0 Å². The normalized spacial score (nSPS) is 19.2. The Balaban J connectivity index is 1.48. The molecule has 0 radical (unpaired) electrons. The van der Waals surface area contributed by atoms with E-state index in [2.05, 4.69) is 74.2 Å². The van der Waals surface area contributed by atoms with Crippen LogP contribution in [0.2, 0.25) is 0 Å². The minimum Gasteiger partial charge on any atom is -0.377 e. The van der Waals surface area contributed by atoms with Crippen molar-refractivity contribution in [3.63, 3.8) is 0 Å². The van der Waals surface area contributed by atoms with Gasteiger partial charge in [-0.15, -0.1) is 6.58 Å². The molecule has 0 spiro atoms. The third kappa shape index (κ3) is 6.99. The summed E-state index contributed by atoms with van der Waals surface area (Å²) in [6.45, 7) is 7.45. The lowest BCUT2D eigenvalue weighted by molar-refractivity contribution is 0.119. The molecule has 0 aromatic heterocycles. The molecule has 0 aliphatic heterocycles. The lowest BCUT2D eigenvalue weighted by atomic mass is 9.77. The molecule has 3 rings (SSSR count). The molecule has 1 heteroatoms. The highest BCUT2D eigenvalue weighted by molar-refractivity contribution is 5.64. The molecule has 0 heterocycles. The molecule has 2 aromatic carbocycles. The molecular weight excluding hydrogens is 364 g/mol. The standard InChI is InChI=1S/C29H38O/c1-3-5-7-9-24-10-14-26(15-11-24)28-18-20-29(21-19-28)27-16-12-25(13-17-27)23-30-22-8-6-4-2/h4-5,7,12-13,16-21,24,26H,2-3,6,8-11,14-15,22-23H2,1H3/t24-,26-. The maximum atomic E-state index is 5.73.